The van der Waals surface area contributed by atoms with Crippen molar-refractivity contribution >= 4 is 27.7 Å². The number of halogens is 1. The second-order valence-electron chi connectivity index (χ2n) is 2.57. The molecule has 0 aliphatic heterocycles. The Bertz CT molecular complexity index is 403. The van der Waals surface area contributed by atoms with E-state index in [2.05, 4.69) is 48.7 Å². The Morgan fingerprint density at radius 2 is 2.36 bits per heavy atom. The predicted octanol–water partition coefficient (Wildman–Crippen LogP) is 2.25. The number of aromatic amines is 1. The molecule has 2 aromatic rings. The Hall–Kier alpha value is -0.880. The van der Waals surface area contributed by atoms with E-state index in [4.69, 9.17) is 0 Å². The molecule has 1 aromatic carbocycles. The van der Waals surface area contributed by atoms with E-state index in [1.807, 2.05) is 12.1 Å². The van der Waals surface area contributed by atoms with Gasteiger partial charge in [-0.15, -0.1) is 22.0 Å². The highest BCUT2D eigenvalue weighted by Gasteiger charge is 2.00. The zero-order valence-corrected chi connectivity index (χ0v) is 9.55. The topological polar surface area (TPSA) is 54.5 Å². The average Bonchev–Trinajstić information content (AvgIpc) is 2.67. The minimum atomic E-state index is 0.718. The lowest BCUT2D eigenvalue weighted by molar-refractivity contribution is 0.881. The summed E-state index contributed by atoms with van der Waals surface area (Å²) < 4.78 is 1.08. The number of tetrazole rings is 1. The van der Waals surface area contributed by atoms with Crippen LogP contribution in [0.25, 0.3) is 0 Å². The summed E-state index contributed by atoms with van der Waals surface area (Å²) in [4.78, 5) is 1.18. The van der Waals surface area contributed by atoms with Gasteiger partial charge in [-0.3, -0.25) is 0 Å². The monoisotopic (exact) mass is 270 g/mol. The van der Waals surface area contributed by atoms with E-state index >= 15 is 0 Å². The molecule has 0 unspecified atom stereocenters. The molecule has 4 nitrogen and oxygen atoms in total. The molecule has 1 N–H and O–H groups in total. The standard InChI is InChI=1S/C8H7BrN4S/c9-6-2-1-3-7(4-6)14-5-8-10-12-13-11-8/h1-4H,5H2,(H,10,11,12,13). The Kier molecular flexibility index (Phi) is 3.15. The van der Waals surface area contributed by atoms with Gasteiger partial charge in [-0.1, -0.05) is 27.2 Å². The summed E-state index contributed by atoms with van der Waals surface area (Å²) >= 11 is 5.10. The van der Waals surface area contributed by atoms with Gasteiger partial charge in [-0.25, -0.2) is 0 Å². The molecule has 72 valence electrons. The van der Waals surface area contributed by atoms with Crippen LogP contribution in [0.1, 0.15) is 5.82 Å². The molecule has 1 aromatic heterocycles. The van der Waals surface area contributed by atoms with Crippen LogP contribution < -0.4 is 0 Å². The summed E-state index contributed by atoms with van der Waals surface area (Å²) in [5.74, 6) is 1.45. The summed E-state index contributed by atoms with van der Waals surface area (Å²) in [5, 5.41) is 13.7. The van der Waals surface area contributed by atoms with Crippen molar-refractivity contribution in [2.24, 2.45) is 0 Å². The minimum absolute atomic E-state index is 0.718. The molecule has 0 fully saturated rings. The van der Waals surface area contributed by atoms with E-state index in [1.54, 1.807) is 11.8 Å². The van der Waals surface area contributed by atoms with Gasteiger partial charge < -0.3 is 0 Å². The van der Waals surface area contributed by atoms with Crippen molar-refractivity contribution in [1.29, 1.82) is 0 Å². The molecule has 14 heavy (non-hydrogen) atoms. The average molecular weight is 271 g/mol. The molecule has 0 radical (unpaired) electrons. The first-order valence-corrected chi connectivity index (χ1v) is 5.73. The maximum Gasteiger partial charge on any atom is 0.184 e. The Morgan fingerprint density at radius 3 is 3.07 bits per heavy atom. The van der Waals surface area contributed by atoms with Crippen LogP contribution in [-0.2, 0) is 5.75 Å². The highest BCUT2D eigenvalue weighted by molar-refractivity contribution is 9.10. The fourth-order valence-corrected chi connectivity index (χ4v) is 2.30. The van der Waals surface area contributed by atoms with Crippen molar-refractivity contribution in [3.8, 4) is 0 Å². The zero-order chi connectivity index (χ0) is 9.80. The molecular formula is C8H7BrN4S. The van der Waals surface area contributed by atoms with Crippen molar-refractivity contribution in [2.45, 2.75) is 10.6 Å². The number of thioether (sulfide) groups is 1. The third-order valence-electron chi connectivity index (χ3n) is 1.55. The summed E-state index contributed by atoms with van der Waals surface area (Å²) in [6.45, 7) is 0. The normalized spacial score (nSPS) is 10.4. The number of nitrogens with one attached hydrogen (secondary N) is 1. The van der Waals surface area contributed by atoms with Gasteiger partial charge in [0.25, 0.3) is 0 Å². The number of rotatable bonds is 3. The fourth-order valence-electron chi connectivity index (χ4n) is 0.948. The van der Waals surface area contributed by atoms with E-state index in [1.165, 1.54) is 4.90 Å². The van der Waals surface area contributed by atoms with E-state index in [9.17, 15) is 0 Å². The second-order valence-corrected chi connectivity index (χ2v) is 4.54. The van der Waals surface area contributed by atoms with E-state index in [0.717, 1.165) is 16.0 Å². The smallest absolute Gasteiger partial charge is 0.177 e. The largest absolute Gasteiger partial charge is 0.184 e. The number of nitrogens with zero attached hydrogens (tertiary/aromatic N) is 3. The van der Waals surface area contributed by atoms with Gasteiger partial charge in [0, 0.05) is 9.37 Å². The van der Waals surface area contributed by atoms with Gasteiger partial charge in [-0.05, 0) is 18.2 Å². The van der Waals surface area contributed by atoms with Crippen LogP contribution in [0.5, 0.6) is 0 Å². The summed E-state index contributed by atoms with van der Waals surface area (Å²) in [7, 11) is 0. The van der Waals surface area contributed by atoms with Gasteiger partial charge in [0.05, 0.1) is 5.75 Å². The van der Waals surface area contributed by atoms with Crippen molar-refractivity contribution in [1.82, 2.24) is 20.6 Å². The highest BCUT2D eigenvalue weighted by Crippen LogP contribution is 2.23. The molecule has 0 aliphatic rings. The van der Waals surface area contributed by atoms with Gasteiger partial charge in [-0.2, -0.15) is 5.21 Å². The number of hydrogen-bond acceptors (Lipinski definition) is 4. The number of H-pyrrole nitrogens is 1. The van der Waals surface area contributed by atoms with Crippen LogP contribution in [-0.4, -0.2) is 20.6 Å². The second kappa shape index (κ2) is 4.56. The third kappa shape index (κ3) is 2.55. The molecule has 0 atom stereocenters. The highest BCUT2D eigenvalue weighted by atomic mass is 79.9. The van der Waals surface area contributed by atoms with E-state index in [0.29, 0.717) is 0 Å². The number of hydrogen-bond donors (Lipinski definition) is 1. The quantitative estimate of drug-likeness (QED) is 0.870. The molecule has 0 aliphatic carbocycles. The van der Waals surface area contributed by atoms with Crippen LogP contribution in [0.2, 0.25) is 0 Å². The van der Waals surface area contributed by atoms with Crippen LogP contribution in [0, 0.1) is 0 Å². The lowest BCUT2D eigenvalue weighted by Crippen LogP contribution is -1.83. The zero-order valence-electron chi connectivity index (χ0n) is 7.14. The van der Waals surface area contributed by atoms with Gasteiger partial charge in [0.15, 0.2) is 5.82 Å². The van der Waals surface area contributed by atoms with Crippen LogP contribution in [0.4, 0.5) is 0 Å². The molecule has 0 amide bonds. The molecule has 0 saturated carbocycles. The molecule has 6 heteroatoms. The SMILES string of the molecule is Brc1cccc(SCc2nn[nH]n2)c1. The first-order valence-electron chi connectivity index (χ1n) is 3.95. The Balaban J connectivity index is 1.98. The predicted molar refractivity (Wildman–Crippen MR) is 57.9 cm³/mol. The van der Waals surface area contributed by atoms with E-state index in [-0.39, 0.29) is 0 Å². The lowest BCUT2D eigenvalue weighted by Gasteiger charge is -1.98. The number of benzene rings is 1. The van der Waals surface area contributed by atoms with Gasteiger partial charge in [0.2, 0.25) is 0 Å². The first kappa shape index (κ1) is 9.67. The maximum absolute atomic E-state index is 3.87. The molecule has 0 saturated heterocycles. The Labute approximate surface area is 93.6 Å². The minimum Gasteiger partial charge on any atom is -0.177 e. The van der Waals surface area contributed by atoms with Crippen LogP contribution in [0.15, 0.2) is 33.6 Å². The third-order valence-corrected chi connectivity index (χ3v) is 3.04. The Morgan fingerprint density at radius 1 is 1.43 bits per heavy atom. The summed E-state index contributed by atoms with van der Waals surface area (Å²) in [6.07, 6.45) is 0. The van der Waals surface area contributed by atoms with Crippen molar-refractivity contribution in [2.75, 3.05) is 0 Å². The molecule has 0 spiro atoms. The molecule has 2 rings (SSSR count). The van der Waals surface area contributed by atoms with Crippen LogP contribution in [0.3, 0.4) is 0 Å². The van der Waals surface area contributed by atoms with Crippen molar-refractivity contribution in [3.63, 3.8) is 0 Å². The fraction of sp³-hybridized carbons (Fsp3) is 0.125. The van der Waals surface area contributed by atoms with Gasteiger partial charge >= 0.3 is 0 Å². The number of aromatic nitrogens is 4. The first-order chi connectivity index (χ1) is 6.84. The summed E-state index contributed by atoms with van der Waals surface area (Å²) in [6, 6.07) is 8.11. The van der Waals surface area contributed by atoms with Crippen LogP contribution >= 0.6 is 27.7 Å². The maximum atomic E-state index is 3.87. The van der Waals surface area contributed by atoms with E-state index < -0.39 is 0 Å². The van der Waals surface area contributed by atoms with Gasteiger partial charge in [0.1, 0.15) is 0 Å². The molecule has 1 heterocycles. The van der Waals surface area contributed by atoms with Crippen molar-refractivity contribution < 1.29 is 0 Å². The van der Waals surface area contributed by atoms with Crippen molar-refractivity contribution in [3.05, 3.63) is 34.6 Å². The molecular weight excluding hydrogens is 264 g/mol. The summed E-state index contributed by atoms with van der Waals surface area (Å²) in [5.41, 5.74) is 0. The lowest BCUT2D eigenvalue weighted by atomic mass is 10.4. The molecule has 0 bridgehead atoms.